The van der Waals surface area contributed by atoms with E-state index >= 15 is 0 Å². The molecule has 1 aliphatic heterocycles. The highest BCUT2D eigenvalue weighted by molar-refractivity contribution is 6.74. The molecule has 0 saturated heterocycles. The Kier molecular flexibility index (Phi) is 10.1. The molecule has 0 aromatic heterocycles. The van der Waals surface area contributed by atoms with Crippen molar-refractivity contribution < 1.29 is 27.1 Å². The lowest BCUT2D eigenvalue weighted by atomic mass is 9.96. The van der Waals surface area contributed by atoms with Crippen LogP contribution >= 0.6 is 0 Å². The van der Waals surface area contributed by atoms with Gasteiger partial charge in [-0.15, -0.1) is 0 Å². The first-order valence-electron chi connectivity index (χ1n) is 10.6. The zero-order chi connectivity index (χ0) is 23.2. The zero-order valence-corrected chi connectivity index (χ0v) is 20.7. The molecule has 0 aliphatic carbocycles. The Morgan fingerprint density at radius 3 is 2.33 bits per heavy atom. The predicted octanol–water partition coefficient (Wildman–Crippen LogP) is 6.83. The van der Waals surface area contributed by atoms with Crippen LogP contribution in [0, 0.1) is 5.92 Å². The molecular formula is C23H39F3O3Si. The molecule has 0 bridgehead atoms. The molecule has 1 aliphatic rings. The normalized spacial score (nSPS) is 30.6. The Hall–Kier alpha value is -0.893. The highest BCUT2D eigenvalue weighted by Gasteiger charge is 2.41. The van der Waals surface area contributed by atoms with E-state index in [0.717, 1.165) is 11.6 Å². The number of rotatable bonds is 3. The highest BCUT2D eigenvalue weighted by Crippen LogP contribution is 2.39. The third-order valence-corrected chi connectivity index (χ3v) is 10.4. The van der Waals surface area contributed by atoms with Gasteiger partial charge < -0.3 is 13.9 Å². The molecule has 0 N–H and O–H groups in total. The van der Waals surface area contributed by atoms with Gasteiger partial charge in [-0.1, -0.05) is 57.6 Å². The fraction of sp³-hybridized carbons (Fsp3) is 0.739. The number of ether oxygens (including phenoxy) is 2. The number of hydrogen-bond acceptors (Lipinski definition) is 3. The van der Waals surface area contributed by atoms with Gasteiger partial charge in [-0.2, -0.15) is 13.2 Å². The number of allylic oxidation sites excluding steroid dienone is 2. The number of alkyl halides is 3. The largest absolute Gasteiger partial charge is 0.412 e. The van der Waals surface area contributed by atoms with Gasteiger partial charge >= 0.3 is 6.18 Å². The average molecular weight is 449 g/mol. The van der Waals surface area contributed by atoms with Gasteiger partial charge in [0.2, 0.25) is 0 Å². The topological polar surface area (TPSA) is 27.7 Å². The Morgan fingerprint density at radius 2 is 1.80 bits per heavy atom. The maximum absolute atomic E-state index is 13.2. The van der Waals surface area contributed by atoms with Gasteiger partial charge in [0.1, 0.15) is 6.10 Å². The summed E-state index contributed by atoms with van der Waals surface area (Å²) >= 11 is 0. The predicted molar refractivity (Wildman–Crippen MR) is 119 cm³/mol. The van der Waals surface area contributed by atoms with Crippen molar-refractivity contribution in [1.82, 2.24) is 0 Å². The Morgan fingerprint density at radius 1 is 1.17 bits per heavy atom. The minimum absolute atomic E-state index is 0.0298. The molecule has 3 atom stereocenters. The summed E-state index contributed by atoms with van der Waals surface area (Å²) < 4.78 is 57.7. The molecule has 1 rings (SSSR count). The first-order chi connectivity index (χ1) is 13.7. The van der Waals surface area contributed by atoms with Crippen LogP contribution in [0.2, 0.25) is 18.1 Å². The van der Waals surface area contributed by atoms with E-state index in [0.29, 0.717) is 0 Å². The molecule has 174 valence electrons. The minimum Gasteiger partial charge on any atom is -0.410 e. The van der Waals surface area contributed by atoms with E-state index in [9.17, 15) is 13.2 Å². The molecule has 0 fully saturated rings. The van der Waals surface area contributed by atoms with Gasteiger partial charge in [0.25, 0.3) is 0 Å². The Balaban J connectivity index is 3.24. The maximum Gasteiger partial charge on any atom is 0.412 e. The second-order valence-electron chi connectivity index (χ2n) is 9.62. The van der Waals surface area contributed by atoms with E-state index < -0.39 is 20.1 Å². The summed E-state index contributed by atoms with van der Waals surface area (Å²) in [5, 5.41) is 0.0298. The molecule has 0 unspecified atom stereocenters. The van der Waals surface area contributed by atoms with Gasteiger partial charge in [0.15, 0.2) is 8.32 Å². The molecule has 7 heteroatoms. The van der Waals surface area contributed by atoms with E-state index in [1.54, 1.807) is 13.2 Å². The van der Waals surface area contributed by atoms with Crippen molar-refractivity contribution in [2.75, 3.05) is 20.3 Å². The second-order valence-corrected chi connectivity index (χ2v) is 14.4. The zero-order valence-electron chi connectivity index (χ0n) is 19.7. The van der Waals surface area contributed by atoms with Crippen molar-refractivity contribution >= 4 is 8.32 Å². The van der Waals surface area contributed by atoms with Crippen molar-refractivity contribution in [2.24, 2.45) is 5.92 Å². The van der Waals surface area contributed by atoms with Crippen LogP contribution < -0.4 is 0 Å². The van der Waals surface area contributed by atoms with Crippen LogP contribution in [0.25, 0.3) is 0 Å². The number of hydrogen-bond donors (Lipinski definition) is 0. The summed E-state index contributed by atoms with van der Waals surface area (Å²) in [6.07, 6.45) is 2.12. The molecule has 0 aromatic rings. The van der Waals surface area contributed by atoms with Crippen molar-refractivity contribution in [2.45, 2.75) is 84.0 Å². The van der Waals surface area contributed by atoms with Crippen LogP contribution in [0.4, 0.5) is 13.2 Å². The van der Waals surface area contributed by atoms with E-state index in [1.807, 2.05) is 13.0 Å². The summed E-state index contributed by atoms with van der Waals surface area (Å²) in [5.74, 6) is 0.0570. The summed E-state index contributed by atoms with van der Waals surface area (Å²) in [7, 11) is -0.472. The molecule has 0 spiro atoms. The fourth-order valence-electron chi connectivity index (χ4n) is 3.11. The van der Waals surface area contributed by atoms with Crippen molar-refractivity contribution in [3.8, 4) is 0 Å². The lowest BCUT2D eigenvalue weighted by Crippen LogP contribution is -2.49. The lowest BCUT2D eigenvalue weighted by Gasteiger charge is -2.42. The van der Waals surface area contributed by atoms with E-state index in [1.165, 1.54) is 0 Å². The van der Waals surface area contributed by atoms with Crippen molar-refractivity contribution in [1.29, 1.82) is 0 Å². The summed E-state index contributed by atoms with van der Waals surface area (Å²) in [5.41, 5.74) is 0.409. The third kappa shape index (κ3) is 8.33. The fourth-order valence-corrected chi connectivity index (χ4v) is 4.50. The lowest BCUT2D eigenvalue weighted by molar-refractivity contribution is -0.0945. The summed E-state index contributed by atoms with van der Waals surface area (Å²) in [4.78, 5) is 0. The van der Waals surface area contributed by atoms with Gasteiger partial charge in [-0.05, 0) is 37.9 Å². The SMILES string of the molecule is CO[C@H]1/C=C/CC/C(C(F)(F)F)=C\COC/C(C)=C\[C@@H](C)[C@@H]1O[Si](C)(C)C(C)(C)C. The minimum atomic E-state index is -4.34. The van der Waals surface area contributed by atoms with Crippen LogP contribution in [-0.2, 0) is 13.9 Å². The Bertz CT molecular complexity index is 631. The monoisotopic (exact) mass is 448 g/mol. The average Bonchev–Trinajstić information content (AvgIpc) is 2.59. The van der Waals surface area contributed by atoms with E-state index in [4.69, 9.17) is 13.9 Å². The molecule has 1 heterocycles. The first-order valence-corrected chi connectivity index (χ1v) is 13.5. The summed E-state index contributed by atoms with van der Waals surface area (Å²) in [6.45, 7) is 15.2. The molecule has 0 aromatic carbocycles. The molecule has 0 amide bonds. The van der Waals surface area contributed by atoms with E-state index in [2.05, 4.69) is 46.9 Å². The van der Waals surface area contributed by atoms with Crippen LogP contribution in [0.3, 0.4) is 0 Å². The maximum atomic E-state index is 13.2. The van der Waals surface area contributed by atoms with Crippen LogP contribution in [-0.4, -0.2) is 47.0 Å². The number of methoxy groups -OCH3 is 1. The van der Waals surface area contributed by atoms with Gasteiger partial charge in [-0.25, -0.2) is 0 Å². The second kappa shape index (κ2) is 11.1. The van der Waals surface area contributed by atoms with Crippen molar-refractivity contribution in [3.63, 3.8) is 0 Å². The van der Waals surface area contributed by atoms with Gasteiger partial charge in [0.05, 0.1) is 19.3 Å². The van der Waals surface area contributed by atoms with Crippen LogP contribution in [0.1, 0.15) is 47.5 Å². The van der Waals surface area contributed by atoms with E-state index in [-0.39, 0.29) is 49.2 Å². The Labute approximate surface area is 181 Å². The third-order valence-electron chi connectivity index (χ3n) is 5.95. The first kappa shape index (κ1) is 27.1. The molecule has 3 nitrogen and oxygen atoms in total. The van der Waals surface area contributed by atoms with Gasteiger partial charge in [0, 0.05) is 18.6 Å². The molecule has 0 radical (unpaired) electrons. The number of halogens is 3. The molecular weight excluding hydrogens is 409 g/mol. The molecule has 30 heavy (non-hydrogen) atoms. The summed E-state index contributed by atoms with van der Waals surface area (Å²) in [6, 6.07) is 0. The van der Waals surface area contributed by atoms with Gasteiger partial charge in [-0.3, -0.25) is 0 Å². The van der Waals surface area contributed by atoms with Crippen LogP contribution in [0.15, 0.2) is 35.5 Å². The highest BCUT2D eigenvalue weighted by atomic mass is 28.4. The van der Waals surface area contributed by atoms with Crippen molar-refractivity contribution in [3.05, 3.63) is 35.5 Å². The molecule has 0 saturated carbocycles. The quantitative estimate of drug-likeness (QED) is 0.350. The standard InChI is InChI=1S/C23H39F3O3Si/c1-17-15-18(2)21(29-30(7,8)22(3,4)5)20(27-6)12-10-9-11-19(23(24,25)26)13-14-28-16-17/h10,12-13,15,18,20-21H,9,11,14,16H2,1-8H3/b12-10+,17-15-,19-13+/t18-,20+,21+/m1/s1. The van der Waals surface area contributed by atoms with Crippen LogP contribution in [0.5, 0.6) is 0 Å². The smallest absolute Gasteiger partial charge is 0.410 e.